The molecular weight excluding hydrogens is 291 g/mol. The fourth-order valence-electron chi connectivity index (χ4n) is 1.12. The molecule has 88 valence electrons. The molecule has 16 heavy (non-hydrogen) atoms. The average Bonchev–Trinajstić information content (AvgIpc) is 2.23. The normalized spacial score (nSPS) is 19.4. The van der Waals surface area contributed by atoms with Crippen molar-refractivity contribution in [2.75, 3.05) is 11.5 Å². The lowest BCUT2D eigenvalue weighted by molar-refractivity contribution is 0.627. The summed E-state index contributed by atoms with van der Waals surface area (Å²) < 4.78 is 13.0. The lowest BCUT2D eigenvalue weighted by atomic mass is 10.4. The van der Waals surface area contributed by atoms with Gasteiger partial charge in [0.2, 0.25) is 0 Å². The Morgan fingerprint density at radius 1 is 1.44 bits per heavy atom. The maximum atomic E-state index is 12.1. The minimum absolute atomic E-state index is 0.201. The van der Waals surface area contributed by atoms with Crippen LogP contribution in [0.1, 0.15) is 6.92 Å². The quantitative estimate of drug-likeness (QED) is 0.800. The molecule has 1 heterocycles. The molecule has 0 fully saturated rings. The van der Waals surface area contributed by atoms with Crippen molar-refractivity contribution < 1.29 is 4.39 Å². The third-order valence-electron chi connectivity index (χ3n) is 1.80. The fourth-order valence-corrected chi connectivity index (χ4v) is 2.20. The molecule has 0 radical (unpaired) electrons. The van der Waals surface area contributed by atoms with Gasteiger partial charge in [-0.05, 0) is 31.2 Å². The van der Waals surface area contributed by atoms with Gasteiger partial charge in [-0.3, -0.25) is 4.99 Å². The number of nitrogens with two attached hydrogens (primary N) is 1. The number of benzene rings is 1. The van der Waals surface area contributed by atoms with Crippen molar-refractivity contribution in [1.82, 2.24) is 0 Å². The zero-order valence-corrected chi connectivity index (χ0v) is 11.4. The molecule has 5 heteroatoms. The van der Waals surface area contributed by atoms with Gasteiger partial charge in [-0.2, -0.15) is 11.8 Å². The van der Waals surface area contributed by atoms with Crippen LogP contribution in [0.2, 0.25) is 0 Å². The highest BCUT2D eigenvalue weighted by Gasteiger charge is 2.06. The predicted octanol–water partition coefficient (Wildman–Crippen LogP) is 3.07. The molecule has 0 bridgehead atoms. The molecule has 1 aliphatic rings. The molecule has 0 aliphatic carbocycles. The number of aliphatic imine (C=N–C) groups is 1. The maximum absolute atomic E-state index is 12.1. The van der Waals surface area contributed by atoms with E-state index in [1.807, 2.05) is 11.8 Å². The Balaban J connectivity index is 0.000000160. The van der Waals surface area contributed by atoms with Gasteiger partial charge in [0.25, 0.3) is 0 Å². The summed E-state index contributed by atoms with van der Waals surface area (Å²) in [7, 11) is 0. The van der Waals surface area contributed by atoms with E-state index in [0.29, 0.717) is 6.04 Å². The van der Waals surface area contributed by atoms with Gasteiger partial charge in [-0.15, -0.1) is 0 Å². The highest BCUT2D eigenvalue weighted by atomic mass is 79.9. The Morgan fingerprint density at radius 3 is 2.44 bits per heavy atom. The van der Waals surface area contributed by atoms with Gasteiger partial charge in [0, 0.05) is 10.2 Å². The van der Waals surface area contributed by atoms with Crippen LogP contribution >= 0.6 is 27.7 Å². The van der Waals surface area contributed by atoms with E-state index >= 15 is 0 Å². The maximum Gasteiger partial charge on any atom is 0.123 e. The number of rotatable bonds is 0. The Hall–Kier alpha value is -0.550. The molecule has 1 aromatic rings. The molecule has 2 nitrogen and oxygen atoms in total. The minimum atomic E-state index is -0.201. The van der Waals surface area contributed by atoms with Crippen LogP contribution in [0.25, 0.3) is 0 Å². The lowest BCUT2D eigenvalue weighted by Gasteiger charge is -2.12. The Bertz CT molecular complexity index is 333. The van der Waals surface area contributed by atoms with Crippen molar-refractivity contribution in [3.05, 3.63) is 34.6 Å². The monoisotopic (exact) mass is 304 g/mol. The topological polar surface area (TPSA) is 38.4 Å². The molecule has 0 saturated carbocycles. The van der Waals surface area contributed by atoms with Crippen molar-refractivity contribution in [3.8, 4) is 0 Å². The van der Waals surface area contributed by atoms with Crippen LogP contribution in [-0.2, 0) is 0 Å². The summed E-state index contributed by atoms with van der Waals surface area (Å²) >= 11 is 5.03. The summed E-state index contributed by atoms with van der Waals surface area (Å²) in [4.78, 5) is 4.16. The van der Waals surface area contributed by atoms with Gasteiger partial charge in [0.15, 0.2) is 0 Å². The Morgan fingerprint density at radius 2 is 2.06 bits per heavy atom. The van der Waals surface area contributed by atoms with E-state index in [1.165, 1.54) is 12.1 Å². The van der Waals surface area contributed by atoms with Crippen molar-refractivity contribution in [2.45, 2.75) is 13.0 Å². The summed E-state index contributed by atoms with van der Waals surface area (Å²) in [5.74, 6) is 2.65. The van der Waals surface area contributed by atoms with Crippen molar-refractivity contribution in [2.24, 2.45) is 10.7 Å². The third-order valence-corrected chi connectivity index (χ3v) is 3.55. The molecule has 2 rings (SSSR count). The standard InChI is InChI=1S/C6H4BrF.C5H10N2S/c7-5-1-3-6(8)4-2-5;1-4-2-8-3-5(6)7-4/h1-4H;4H,2-3H2,1H3,(H2,6,7). The van der Waals surface area contributed by atoms with Crippen molar-refractivity contribution >= 4 is 33.5 Å². The van der Waals surface area contributed by atoms with Crippen LogP contribution in [0.4, 0.5) is 4.39 Å². The molecule has 1 unspecified atom stereocenters. The highest BCUT2D eigenvalue weighted by Crippen LogP contribution is 2.10. The molecule has 1 aromatic carbocycles. The molecule has 0 aromatic heterocycles. The molecular formula is C11H14BrFN2S. The molecule has 0 amide bonds. The van der Waals surface area contributed by atoms with E-state index in [-0.39, 0.29) is 5.82 Å². The summed E-state index contributed by atoms with van der Waals surface area (Å²) in [5, 5.41) is 0. The fraction of sp³-hybridized carbons (Fsp3) is 0.364. The second-order valence-electron chi connectivity index (χ2n) is 3.42. The predicted molar refractivity (Wildman–Crippen MR) is 72.5 cm³/mol. The zero-order chi connectivity index (χ0) is 12.0. The number of hydrogen-bond donors (Lipinski definition) is 1. The number of hydrogen-bond acceptors (Lipinski definition) is 3. The SMILES string of the molecule is CC1CSCC(N)=N1.Fc1ccc(Br)cc1. The minimum Gasteiger partial charge on any atom is -0.387 e. The average molecular weight is 305 g/mol. The lowest BCUT2D eigenvalue weighted by Crippen LogP contribution is -2.23. The molecule has 0 saturated heterocycles. The second kappa shape index (κ2) is 6.91. The van der Waals surface area contributed by atoms with Gasteiger partial charge in [0.05, 0.1) is 11.8 Å². The number of amidine groups is 1. The third kappa shape index (κ3) is 5.51. The van der Waals surface area contributed by atoms with E-state index in [2.05, 4.69) is 27.8 Å². The number of thioether (sulfide) groups is 1. The highest BCUT2D eigenvalue weighted by molar-refractivity contribution is 9.10. The van der Waals surface area contributed by atoms with Crippen LogP contribution in [0, 0.1) is 5.82 Å². The molecule has 2 N–H and O–H groups in total. The van der Waals surface area contributed by atoms with E-state index < -0.39 is 0 Å². The molecule has 0 spiro atoms. The van der Waals surface area contributed by atoms with Crippen LogP contribution in [0.3, 0.4) is 0 Å². The van der Waals surface area contributed by atoms with Crippen molar-refractivity contribution in [3.63, 3.8) is 0 Å². The zero-order valence-electron chi connectivity index (χ0n) is 8.99. The summed E-state index contributed by atoms with van der Waals surface area (Å²) in [6.07, 6.45) is 0. The van der Waals surface area contributed by atoms with Gasteiger partial charge in [-0.1, -0.05) is 15.9 Å². The van der Waals surface area contributed by atoms with Crippen LogP contribution in [-0.4, -0.2) is 23.4 Å². The largest absolute Gasteiger partial charge is 0.387 e. The second-order valence-corrected chi connectivity index (χ2v) is 5.37. The van der Waals surface area contributed by atoms with Gasteiger partial charge in [-0.25, -0.2) is 4.39 Å². The first-order valence-corrected chi connectivity index (χ1v) is 6.83. The molecule has 1 aliphatic heterocycles. The van der Waals surface area contributed by atoms with Crippen LogP contribution in [0.5, 0.6) is 0 Å². The number of halogens is 2. The van der Waals surface area contributed by atoms with E-state index in [0.717, 1.165) is 21.8 Å². The van der Waals surface area contributed by atoms with Crippen molar-refractivity contribution in [1.29, 1.82) is 0 Å². The number of nitrogens with zero attached hydrogens (tertiary/aromatic N) is 1. The Kier molecular flexibility index (Phi) is 5.84. The van der Waals surface area contributed by atoms with Gasteiger partial charge >= 0.3 is 0 Å². The smallest absolute Gasteiger partial charge is 0.123 e. The van der Waals surface area contributed by atoms with E-state index in [4.69, 9.17) is 5.73 Å². The summed E-state index contributed by atoms with van der Waals surface area (Å²) in [6.45, 7) is 2.08. The first-order chi connectivity index (χ1) is 7.58. The summed E-state index contributed by atoms with van der Waals surface area (Å²) in [5.41, 5.74) is 5.45. The molecule has 1 atom stereocenters. The van der Waals surface area contributed by atoms with Gasteiger partial charge < -0.3 is 5.73 Å². The van der Waals surface area contributed by atoms with Crippen LogP contribution in [0.15, 0.2) is 33.7 Å². The van der Waals surface area contributed by atoms with Gasteiger partial charge in [0.1, 0.15) is 11.7 Å². The van der Waals surface area contributed by atoms with E-state index in [1.54, 1.807) is 12.1 Å². The van der Waals surface area contributed by atoms with E-state index in [9.17, 15) is 4.39 Å². The first kappa shape index (κ1) is 13.5. The summed E-state index contributed by atoms with van der Waals surface area (Å²) in [6, 6.07) is 6.58. The Labute approximate surface area is 108 Å². The first-order valence-electron chi connectivity index (χ1n) is 4.89. The van der Waals surface area contributed by atoms with Crippen LogP contribution < -0.4 is 5.73 Å².